The lowest BCUT2D eigenvalue weighted by Gasteiger charge is -2.04. The Bertz CT molecular complexity index is 1100. The van der Waals surface area contributed by atoms with Crippen molar-refractivity contribution in [1.29, 1.82) is 0 Å². The average Bonchev–Trinajstić information content (AvgIpc) is 2.62. The molecule has 0 fully saturated rings. The molecule has 0 aliphatic carbocycles. The minimum Gasteiger partial charge on any atom is -0.479 e. The summed E-state index contributed by atoms with van der Waals surface area (Å²) >= 11 is 11.8. The molecule has 0 bridgehead atoms. The minimum atomic E-state index is -1.46. The lowest BCUT2D eigenvalue weighted by Crippen LogP contribution is -2.04. The zero-order chi connectivity index (χ0) is 18.5. The molecule has 0 amide bonds. The summed E-state index contributed by atoms with van der Waals surface area (Å²) in [6, 6.07) is 13.1. The van der Waals surface area contributed by atoms with Crippen LogP contribution in [-0.4, -0.2) is 16.6 Å². The number of rotatable bonds is 4. The number of para-hydroxylation sites is 1. The molecule has 0 spiro atoms. The van der Waals surface area contributed by atoms with Gasteiger partial charge >= 0.3 is 5.63 Å². The van der Waals surface area contributed by atoms with E-state index in [1.54, 1.807) is 42.5 Å². The molecule has 4 nitrogen and oxygen atoms in total. The zero-order valence-electron chi connectivity index (χ0n) is 13.3. The van der Waals surface area contributed by atoms with E-state index in [1.807, 2.05) is 0 Å². The Morgan fingerprint density at radius 3 is 2.69 bits per heavy atom. The van der Waals surface area contributed by atoms with Crippen molar-refractivity contribution in [1.82, 2.24) is 0 Å². The van der Waals surface area contributed by atoms with Gasteiger partial charge in [0, 0.05) is 16.5 Å². The van der Waals surface area contributed by atoms with Gasteiger partial charge in [0.15, 0.2) is 0 Å². The Morgan fingerprint density at radius 2 is 1.88 bits per heavy atom. The predicted octanol–water partition coefficient (Wildman–Crippen LogP) is 4.29. The maximum absolute atomic E-state index is 12.5. The van der Waals surface area contributed by atoms with Crippen molar-refractivity contribution in [2.45, 2.75) is 4.90 Å². The molecule has 7 heteroatoms. The molecule has 3 aromatic rings. The molecule has 1 unspecified atom stereocenters. The Balaban J connectivity index is 1.67. The number of ether oxygens (including phenoxy) is 1. The van der Waals surface area contributed by atoms with Gasteiger partial charge in [0.25, 0.3) is 0 Å². The fraction of sp³-hybridized carbons (Fsp3) is 0.105. The summed E-state index contributed by atoms with van der Waals surface area (Å²) in [5.74, 6) is 6.12. The highest BCUT2D eigenvalue weighted by atomic mass is 35.5. The first-order valence-corrected chi connectivity index (χ1v) is 9.57. The topological polar surface area (TPSA) is 56.5 Å². The van der Waals surface area contributed by atoms with Gasteiger partial charge in [-0.1, -0.05) is 53.2 Å². The monoisotopic (exact) mass is 406 g/mol. The van der Waals surface area contributed by atoms with Crippen molar-refractivity contribution in [2.24, 2.45) is 0 Å². The average molecular weight is 407 g/mol. The molecule has 3 rings (SSSR count). The lowest BCUT2D eigenvalue weighted by molar-refractivity contribution is 0.370. The Hall–Kier alpha value is -2.26. The summed E-state index contributed by atoms with van der Waals surface area (Å²) in [6.07, 6.45) is 0. The van der Waals surface area contributed by atoms with Gasteiger partial charge in [-0.05, 0) is 24.3 Å². The van der Waals surface area contributed by atoms with Crippen LogP contribution in [0.3, 0.4) is 0 Å². The smallest absolute Gasteiger partial charge is 0.337 e. The van der Waals surface area contributed by atoms with Crippen LogP contribution >= 0.6 is 23.2 Å². The van der Waals surface area contributed by atoms with Crippen LogP contribution in [0.15, 0.2) is 62.6 Å². The molecule has 0 saturated carbocycles. The second-order valence-electron chi connectivity index (χ2n) is 5.13. The first-order chi connectivity index (χ1) is 12.5. The maximum atomic E-state index is 12.5. The Morgan fingerprint density at radius 1 is 1.08 bits per heavy atom. The Labute approximate surface area is 162 Å². The lowest BCUT2D eigenvalue weighted by atomic mass is 10.2. The summed E-state index contributed by atoms with van der Waals surface area (Å²) in [7, 11) is -1.46. The third-order valence-electron chi connectivity index (χ3n) is 3.38. The van der Waals surface area contributed by atoms with Crippen molar-refractivity contribution in [2.75, 3.05) is 12.4 Å². The SMILES string of the molecule is O=c1cc(S(=O)CC#CCOc2ccc(Cl)cc2Cl)c2ccccc2o1. The van der Waals surface area contributed by atoms with Crippen LogP contribution in [0, 0.1) is 11.8 Å². The largest absolute Gasteiger partial charge is 0.479 e. The van der Waals surface area contributed by atoms with Gasteiger partial charge < -0.3 is 9.15 Å². The standard InChI is InChI=1S/C19H12Cl2O4S/c20-13-7-8-17(15(21)11-13)24-9-3-4-10-26(23)18-12-19(22)25-16-6-2-1-5-14(16)18/h1-2,5-8,11-12H,9-10H2. The number of benzene rings is 2. The molecular weight excluding hydrogens is 395 g/mol. The van der Waals surface area contributed by atoms with Crippen molar-refractivity contribution in [3.63, 3.8) is 0 Å². The van der Waals surface area contributed by atoms with E-state index in [2.05, 4.69) is 11.8 Å². The van der Waals surface area contributed by atoms with Crippen LogP contribution in [0.5, 0.6) is 5.75 Å². The van der Waals surface area contributed by atoms with Gasteiger partial charge in [0.2, 0.25) is 0 Å². The van der Waals surface area contributed by atoms with Crippen LogP contribution in [0.4, 0.5) is 0 Å². The van der Waals surface area contributed by atoms with E-state index in [9.17, 15) is 9.00 Å². The Kier molecular flexibility index (Phi) is 6.00. The molecule has 26 heavy (non-hydrogen) atoms. The number of fused-ring (bicyclic) bond motifs is 1. The molecule has 0 N–H and O–H groups in total. The summed E-state index contributed by atoms with van der Waals surface area (Å²) in [5, 5.41) is 1.55. The first kappa shape index (κ1) is 18.5. The molecule has 0 aliphatic rings. The molecule has 0 saturated heterocycles. The summed E-state index contributed by atoms with van der Waals surface area (Å²) in [5.41, 5.74) is -0.141. The van der Waals surface area contributed by atoms with Gasteiger partial charge in [0.1, 0.15) is 17.9 Å². The predicted molar refractivity (Wildman–Crippen MR) is 103 cm³/mol. The van der Waals surface area contributed by atoms with Gasteiger partial charge in [0.05, 0.1) is 26.5 Å². The highest BCUT2D eigenvalue weighted by Gasteiger charge is 2.10. The normalized spacial score (nSPS) is 11.6. The number of hydrogen-bond donors (Lipinski definition) is 0. The van der Waals surface area contributed by atoms with Crippen LogP contribution in [-0.2, 0) is 10.8 Å². The molecule has 1 aromatic heterocycles. The van der Waals surface area contributed by atoms with Crippen LogP contribution in [0.1, 0.15) is 0 Å². The third kappa shape index (κ3) is 4.47. The molecule has 132 valence electrons. The van der Waals surface area contributed by atoms with E-state index in [0.717, 1.165) is 0 Å². The second kappa shape index (κ2) is 8.41. The van der Waals surface area contributed by atoms with Crippen molar-refractivity contribution in [3.05, 3.63) is 69.0 Å². The molecule has 0 radical (unpaired) electrons. The highest BCUT2D eigenvalue weighted by molar-refractivity contribution is 7.85. The van der Waals surface area contributed by atoms with Crippen LogP contribution in [0.25, 0.3) is 11.0 Å². The highest BCUT2D eigenvalue weighted by Crippen LogP contribution is 2.27. The maximum Gasteiger partial charge on any atom is 0.337 e. The van der Waals surface area contributed by atoms with Crippen LogP contribution < -0.4 is 10.4 Å². The van der Waals surface area contributed by atoms with Gasteiger partial charge in [-0.3, -0.25) is 4.21 Å². The van der Waals surface area contributed by atoms with E-state index < -0.39 is 16.4 Å². The summed E-state index contributed by atoms with van der Waals surface area (Å²) < 4.78 is 23.0. The quantitative estimate of drug-likeness (QED) is 0.478. The molecule has 2 aromatic carbocycles. The van der Waals surface area contributed by atoms with E-state index in [-0.39, 0.29) is 12.4 Å². The minimum absolute atomic E-state index is 0.0746. The van der Waals surface area contributed by atoms with Gasteiger partial charge in [-0.15, -0.1) is 0 Å². The van der Waals surface area contributed by atoms with Gasteiger partial charge in [-0.2, -0.15) is 0 Å². The van der Waals surface area contributed by atoms with Crippen LogP contribution in [0.2, 0.25) is 10.0 Å². The fourth-order valence-electron chi connectivity index (χ4n) is 2.22. The summed E-state index contributed by atoms with van der Waals surface area (Å²) in [6.45, 7) is 0.0935. The first-order valence-electron chi connectivity index (χ1n) is 7.49. The third-order valence-corrected chi connectivity index (χ3v) is 5.14. The zero-order valence-corrected chi connectivity index (χ0v) is 15.7. The van der Waals surface area contributed by atoms with E-state index in [0.29, 0.717) is 31.7 Å². The molecular formula is C19H12Cl2O4S. The molecule has 1 heterocycles. The van der Waals surface area contributed by atoms with Crippen molar-refractivity contribution < 1.29 is 13.4 Å². The number of hydrogen-bond acceptors (Lipinski definition) is 4. The van der Waals surface area contributed by atoms with Crippen molar-refractivity contribution in [3.8, 4) is 17.6 Å². The molecule has 1 atom stereocenters. The van der Waals surface area contributed by atoms with E-state index in [1.165, 1.54) is 6.07 Å². The summed E-state index contributed by atoms with van der Waals surface area (Å²) in [4.78, 5) is 12.0. The van der Waals surface area contributed by atoms with E-state index in [4.69, 9.17) is 32.4 Å². The van der Waals surface area contributed by atoms with E-state index >= 15 is 0 Å². The van der Waals surface area contributed by atoms with Gasteiger partial charge in [-0.25, -0.2) is 4.79 Å². The number of halogens is 2. The van der Waals surface area contributed by atoms with Crippen molar-refractivity contribution >= 4 is 45.0 Å². The fourth-order valence-corrected chi connectivity index (χ4v) is 3.71. The second-order valence-corrected chi connectivity index (χ2v) is 7.40. The molecule has 0 aliphatic heterocycles.